The van der Waals surface area contributed by atoms with Crippen molar-refractivity contribution in [3.05, 3.63) is 18.2 Å². The van der Waals surface area contributed by atoms with Gasteiger partial charge in [0.15, 0.2) is 0 Å². The van der Waals surface area contributed by atoms with Gasteiger partial charge in [0.05, 0.1) is 6.54 Å². The Kier molecular flexibility index (Phi) is 4.83. The zero-order valence-corrected chi connectivity index (χ0v) is 9.21. The second-order valence-corrected chi connectivity index (χ2v) is 3.68. The highest BCUT2D eigenvalue weighted by Crippen LogP contribution is 1.87. The van der Waals surface area contributed by atoms with E-state index in [1.54, 1.807) is 12.4 Å². The van der Waals surface area contributed by atoms with E-state index in [2.05, 4.69) is 20.6 Å². The van der Waals surface area contributed by atoms with Gasteiger partial charge < -0.3 is 15.6 Å². The smallest absolute Gasteiger partial charge is 0.221 e. The maximum Gasteiger partial charge on any atom is 0.221 e. The van der Waals surface area contributed by atoms with Gasteiger partial charge in [-0.05, 0) is 13.8 Å². The third-order valence-corrected chi connectivity index (χ3v) is 1.83. The van der Waals surface area contributed by atoms with Gasteiger partial charge in [0.25, 0.3) is 0 Å². The highest BCUT2D eigenvalue weighted by Gasteiger charge is 2.02. The van der Waals surface area contributed by atoms with Crippen molar-refractivity contribution in [3.8, 4) is 0 Å². The summed E-state index contributed by atoms with van der Waals surface area (Å²) in [7, 11) is 0. The lowest BCUT2D eigenvalue weighted by Gasteiger charge is -2.08. The average molecular weight is 210 g/mol. The number of nitrogens with one attached hydrogen (secondary N) is 3. The minimum Gasteiger partial charge on any atom is -0.354 e. The zero-order chi connectivity index (χ0) is 11.1. The lowest BCUT2D eigenvalue weighted by atomic mass is 10.3. The summed E-state index contributed by atoms with van der Waals surface area (Å²) in [5.41, 5.74) is 0. The van der Waals surface area contributed by atoms with Crippen LogP contribution in [-0.2, 0) is 11.3 Å². The number of hydrogen-bond donors (Lipinski definition) is 3. The fourth-order valence-electron chi connectivity index (χ4n) is 1.20. The number of carbonyl (C=O) groups is 1. The highest BCUT2D eigenvalue weighted by atomic mass is 16.1. The van der Waals surface area contributed by atoms with Crippen molar-refractivity contribution in [2.75, 3.05) is 6.54 Å². The summed E-state index contributed by atoms with van der Waals surface area (Å²) in [5, 5.41) is 5.97. The monoisotopic (exact) mass is 210 g/mol. The molecule has 0 radical (unpaired) electrons. The standard InChI is InChI=1S/C10H18N4O/c1-8(2)14-10(15)3-4-11-7-9-12-5-6-13-9/h5-6,8,11H,3-4,7H2,1-2H3,(H,12,13)(H,14,15). The summed E-state index contributed by atoms with van der Waals surface area (Å²) in [5.74, 6) is 0.969. The van der Waals surface area contributed by atoms with E-state index in [1.807, 2.05) is 13.8 Å². The van der Waals surface area contributed by atoms with Gasteiger partial charge in [-0.15, -0.1) is 0 Å². The highest BCUT2D eigenvalue weighted by molar-refractivity contribution is 5.76. The van der Waals surface area contributed by atoms with E-state index in [0.29, 0.717) is 19.5 Å². The molecule has 5 nitrogen and oxygen atoms in total. The molecule has 1 aromatic heterocycles. The van der Waals surface area contributed by atoms with Crippen molar-refractivity contribution < 1.29 is 4.79 Å². The summed E-state index contributed by atoms with van der Waals surface area (Å²) in [4.78, 5) is 18.3. The molecular formula is C10H18N4O. The van der Waals surface area contributed by atoms with Crippen LogP contribution < -0.4 is 10.6 Å². The minimum atomic E-state index is 0.0805. The lowest BCUT2D eigenvalue weighted by Crippen LogP contribution is -2.32. The Bertz CT molecular complexity index is 282. The Morgan fingerprint density at radius 3 is 3.00 bits per heavy atom. The summed E-state index contributed by atoms with van der Waals surface area (Å²) >= 11 is 0. The fraction of sp³-hybridized carbons (Fsp3) is 0.600. The van der Waals surface area contributed by atoms with Crippen LogP contribution in [-0.4, -0.2) is 28.5 Å². The fourth-order valence-corrected chi connectivity index (χ4v) is 1.20. The predicted molar refractivity (Wildman–Crippen MR) is 58.2 cm³/mol. The number of H-pyrrole nitrogens is 1. The molecule has 0 aliphatic carbocycles. The molecule has 3 N–H and O–H groups in total. The predicted octanol–water partition coefficient (Wildman–Crippen LogP) is 0.414. The van der Waals surface area contributed by atoms with Gasteiger partial charge in [-0.3, -0.25) is 4.79 Å². The van der Waals surface area contributed by atoms with Crippen LogP contribution in [0, 0.1) is 0 Å². The molecule has 0 aliphatic rings. The topological polar surface area (TPSA) is 69.8 Å². The molecular weight excluding hydrogens is 192 g/mol. The Hall–Kier alpha value is -1.36. The molecule has 0 bridgehead atoms. The van der Waals surface area contributed by atoms with Crippen LogP contribution in [0.25, 0.3) is 0 Å². The number of aromatic amines is 1. The quantitative estimate of drug-likeness (QED) is 0.596. The van der Waals surface area contributed by atoms with Crippen molar-refractivity contribution in [2.24, 2.45) is 0 Å². The summed E-state index contributed by atoms with van der Waals surface area (Å²) in [6.07, 6.45) is 3.99. The van der Waals surface area contributed by atoms with Gasteiger partial charge in [0.1, 0.15) is 5.82 Å². The normalized spacial score (nSPS) is 10.6. The van der Waals surface area contributed by atoms with E-state index >= 15 is 0 Å². The number of carbonyl (C=O) groups excluding carboxylic acids is 1. The van der Waals surface area contributed by atoms with E-state index in [-0.39, 0.29) is 11.9 Å². The van der Waals surface area contributed by atoms with Crippen LogP contribution in [0.3, 0.4) is 0 Å². The summed E-state index contributed by atoms with van der Waals surface area (Å²) in [6.45, 7) is 5.24. The van der Waals surface area contributed by atoms with Gasteiger partial charge in [-0.1, -0.05) is 0 Å². The molecule has 84 valence electrons. The first kappa shape index (κ1) is 11.7. The lowest BCUT2D eigenvalue weighted by molar-refractivity contribution is -0.121. The van der Waals surface area contributed by atoms with E-state index in [1.165, 1.54) is 0 Å². The van der Waals surface area contributed by atoms with Crippen molar-refractivity contribution in [3.63, 3.8) is 0 Å². The molecule has 15 heavy (non-hydrogen) atoms. The average Bonchev–Trinajstić information content (AvgIpc) is 2.63. The second kappa shape index (κ2) is 6.19. The molecule has 0 aromatic carbocycles. The van der Waals surface area contributed by atoms with Crippen LogP contribution in [0.2, 0.25) is 0 Å². The molecule has 1 heterocycles. The zero-order valence-electron chi connectivity index (χ0n) is 9.21. The van der Waals surface area contributed by atoms with Crippen LogP contribution in [0.15, 0.2) is 12.4 Å². The molecule has 0 saturated carbocycles. The van der Waals surface area contributed by atoms with Gasteiger partial charge >= 0.3 is 0 Å². The molecule has 0 saturated heterocycles. The van der Waals surface area contributed by atoms with E-state index < -0.39 is 0 Å². The molecule has 0 atom stereocenters. The molecule has 0 spiro atoms. The Labute approximate surface area is 89.7 Å². The van der Waals surface area contributed by atoms with Crippen LogP contribution in [0.4, 0.5) is 0 Å². The largest absolute Gasteiger partial charge is 0.354 e. The molecule has 5 heteroatoms. The number of imidazole rings is 1. The number of aromatic nitrogens is 2. The van der Waals surface area contributed by atoms with Gasteiger partial charge in [-0.25, -0.2) is 4.98 Å². The molecule has 0 unspecified atom stereocenters. The Morgan fingerprint density at radius 2 is 2.40 bits per heavy atom. The number of nitrogens with zero attached hydrogens (tertiary/aromatic N) is 1. The molecule has 0 fully saturated rings. The third-order valence-electron chi connectivity index (χ3n) is 1.83. The Balaban J connectivity index is 2.04. The van der Waals surface area contributed by atoms with Crippen LogP contribution in [0.1, 0.15) is 26.1 Å². The first-order valence-electron chi connectivity index (χ1n) is 5.17. The number of amides is 1. The maximum absolute atomic E-state index is 11.2. The molecule has 1 rings (SSSR count). The van der Waals surface area contributed by atoms with E-state index in [4.69, 9.17) is 0 Å². The third kappa shape index (κ3) is 5.17. The van der Waals surface area contributed by atoms with Crippen molar-refractivity contribution in [2.45, 2.75) is 32.9 Å². The van der Waals surface area contributed by atoms with Gasteiger partial charge in [0, 0.05) is 31.4 Å². The Morgan fingerprint density at radius 1 is 1.60 bits per heavy atom. The van der Waals surface area contributed by atoms with Gasteiger partial charge in [-0.2, -0.15) is 0 Å². The van der Waals surface area contributed by atoms with Gasteiger partial charge in [0.2, 0.25) is 5.91 Å². The molecule has 0 aliphatic heterocycles. The molecule has 1 aromatic rings. The van der Waals surface area contributed by atoms with Crippen molar-refractivity contribution >= 4 is 5.91 Å². The summed E-state index contributed by atoms with van der Waals surface area (Å²) in [6, 6.07) is 0.211. The first-order chi connectivity index (χ1) is 7.18. The van der Waals surface area contributed by atoms with Crippen molar-refractivity contribution in [1.29, 1.82) is 0 Å². The summed E-state index contributed by atoms with van der Waals surface area (Å²) < 4.78 is 0. The number of rotatable bonds is 6. The SMILES string of the molecule is CC(C)NC(=O)CCNCc1ncc[nH]1. The van der Waals surface area contributed by atoms with Crippen LogP contribution >= 0.6 is 0 Å². The second-order valence-electron chi connectivity index (χ2n) is 3.68. The number of hydrogen-bond acceptors (Lipinski definition) is 3. The van der Waals surface area contributed by atoms with E-state index in [0.717, 1.165) is 5.82 Å². The molecule has 1 amide bonds. The van der Waals surface area contributed by atoms with Crippen LogP contribution in [0.5, 0.6) is 0 Å². The minimum absolute atomic E-state index is 0.0805. The van der Waals surface area contributed by atoms with Crippen molar-refractivity contribution in [1.82, 2.24) is 20.6 Å². The maximum atomic E-state index is 11.2. The first-order valence-corrected chi connectivity index (χ1v) is 5.17. The van der Waals surface area contributed by atoms with E-state index in [9.17, 15) is 4.79 Å².